The number of hydrogen-bond donors (Lipinski definition) is 0. The third-order valence-corrected chi connectivity index (χ3v) is 2.60. The second-order valence-corrected chi connectivity index (χ2v) is 4.07. The van der Waals surface area contributed by atoms with Crippen molar-refractivity contribution in [3.05, 3.63) is 29.2 Å². The Morgan fingerprint density at radius 3 is 2.76 bits per heavy atom. The van der Waals surface area contributed by atoms with E-state index in [1.54, 1.807) is 18.1 Å². The fraction of sp³-hybridized carbons (Fsp3) is 0.364. The molecule has 0 radical (unpaired) electrons. The molecule has 0 spiro atoms. The molecule has 0 saturated carbocycles. The summed E-state index contributed by atoms with van der Waals surface area (Å²) in [5, 5.41) is 4.04. The Balaban J connectivity index is 2.37. The van der Waals surface area contributed by atoms with Crippen LogP contribution >= 0.6 is 11.6 Å². The van der Waals surface area contributed by atoms with E-state index in [-0.39, 0.29) is 6.01 Å². The molecule has 5 nitrogen and oxygen atoms in total. The molecular formula is C11H13ClN4O. The Morgan fingerprint density at radius 1 is 1.41 bits per heavy atom. The molecule has 0 aromatic carbocycles. The van der Waals surface area contributed by atoms with Crippen molar-refractivity contribution in [3.63, 3.8) is 0 Å². The first-order valence-electron chi connectivity index (χ1n) is 5.16. The molecule has 0 aliphatic carbocycles. The summed E-state index contributed by atoms with van der Waals surface area (Å²) in [5.74, 6) is 0.824. The van der Waals surface area contributed by atoms with Gasteiger partial charge in [-0.25, -0.2) is 4.98 Å². The summed E-state index contributed by atoms with van der Waals surface area (Å²) in [4.78, 5) is 8.31. The summed E-state index contributed by atoms with van der Waals surface area (Å²) in [6, 6.07) is 2.24. The van der Waals surface area contributed by atoms with E-state index >= 15 is 0 Å². The van der Waals surface area contributed by atoms with Crippen LogP contribution in [0.1, 0.15) is 16.8 Å². The Hall–Kier alpha value is -1.62. The number of hydrogen-bond acceptors (Lipinski definition) is 4. The van der Waals surface area contributed by atoms with Gasteiger partial charge >= 0.3 is 6.01 Å². The lowest BCUT2D eigenvalue weighted by Crippen LogP contribution is -1.99. The highest BCUT2D eigenvalue weighted by Crippen LogP contribution is 2.25. The number of rotatable bonds is 3. The lowest BCUT2D eigenvalue weighted by atomic mass is 10.1. The van der Waals surface area contributed by atoms with E-state index in [1.807, 2.05) is 19.9 Å². The zero-order chi connectivity index (χ0) is 12.4. The maximum atomic E-state index is 5.90. The van der Waals surface area contributed by atoms with Crippen LogP contribution in [0, 0.1) is 13.8 Å². The van der Waals surface area contributed by atoms with Crippen LogP contribution in [0.4, 0.5) is 0 Å². The summed E-state index contributed by atoms with van der Waals surface area (Å²) in [7, 11) is 1.78. The summed E-state index contributed by atoms with van der Waals surface area (Å²) in [5.41, 5.74) is 2.80. The second-order valence-electron chi connectivity index (χ2n) is 3.80. The zero-order valence-electron chi connectivity index (χ0n) is 9.94. The highest BCUT2D eigenvalue weighted by molar-refractivity contribution is 6.17. The van der Waals surface area contributed by atoms with Crippen LogP contribution in [0.3, 0.4) is 0 Å². The Morgan fingerprint density at radius 2 is 2.18 bits per heavy atom. The molecule has 0 saturated heterocycles. The number of halogens is 1. The standard InChI is InChI=1S/C11H13ClN4O/c1-7-4-8(2)14-10(9(7)5-12)17-11-13-6-16(3)15-11/h4,6H,5H2,1-3H3. The van der Waals surface area contributed by atoms with Crippen molar-refractivity contribution in [3.8, 4) is 11.9 Å². The molecule has 0 fully saturated rings. The molecule has 0 aliphatic rings. The predicted octanol–water partition coefficient (Wildman–Crippen LogP) is 2.36. The van der Waals surface area contributed by atoms with Gasteiger partial charge in [-0.05, 0) is 25.5 Å². The van der Waals surface area contributed by atoms with Crippen LogP contribution < -0.4 is 4.74 Å². The van der Waals surface area contributed by atoms with Crippen molar-refractivity contribution in [2.75, 3.05) is 0 Å². The third-order valence-electron chi connectivity index (χ3n) is 2.34. The van der Waals surface area contributed by atoms with Crippen LogP contribution in [0.15, 0.2) is 12.4 Å². The third kappa shape index (κ3) is 2.55. The summed E-state index contributed by atoms with van der Waals surface area (Å²) in [6.07, 6.45) is 1.57. The molecule has 2 heterocycles. The maximum absolute atomic E-state index is 5.90. The minimum absolute atomic E-state index is 0.274. The second kappa shape index (κ2) is 4.71. The first-order valence-corrected chi connectivity index (χ1v) is 5.70. The van der Waals surface area contributed by atoms with Gasteiger partial charge < -0.3 is 4.74 Å². The molecule has 0 amide bonds. The zero-order valence-corrected chi connectivity index (χ0v) is 10.7. The van der Waals surface area contributed by atoms with Gasteiger partial charge in [0.15, 0.2) is 0 Å². The monoisotopic (exact) mass is 252 g/mol. The Bertz CT molecular complexity index is 538. The minimum Gasteiger partial charge on any atom is -0.404 e. The van der Waals surface area contributed by atoms with Crippen LogP contribution in [0.25, 0.3) is 0 Å². The van der Waals surface area contributed by atoms with Crippen molar-refractivity contribution >= 4 is 11.6 Å². The predicted molar refractivity (Wildman–Crippen MR) is 64.3 cm³/mol. The smallest absolute Gasteiger partial charge is 0.342 e. The van der Waals surface area contributed by atoms with Gasteiger partial charge in [0, 0.05) is 18.3 Å². The molecule has 0 atom stereocenters. The molecule has 0 aliphatic heterocycles. The van der Waals surface area contributed by atoms with Gasteiger partial charge in [0.1, 0.15) is 6.33 Å². The topological polar surface area (TPSA) is 52.8 Å². The average Bonchev–Trinajstić information content (AvgIpc) is 2.63. The molecule has 0 N–H and O–H groups in total. The van der Waals surface area contributed by atoms with E-state index in [4.69, 9.17) is 16.3 Å². The average molecular weight is 253 g/mol. The molecule has 90 valence electrons. The van der Waals surface area contributed by atoms with Crippen molar-refractivity contribution in [1.29, 1.82) is 0 Å². The van der Waals surface area contributed by atoms with Crippen LogP contribution in [-0.2, 0) is 12.9 Å². The van der Waals surface area contributed by atoms with Gasteiger partial charge in [0.05, 0.1) is 5.88 Å². The van der Waals surface area contributed by atoms with Gasteiger partial charge in [0.2, 0.25) is 5.88 Å². The lowest BCUT2D eigenvalue weighted by Gasteiger charge is -2.09. The van der Waals surface area contributed by atoms with E-state index in [2.05, 4.69) is 15.1 Å². The van der Waals surface area contributed by atoms with Gasteiger partial charge in [-0.1, -0.05) is 0 Å². The number of nitrogens with zero attached hydrogens (tertiary/aromatic N) is 4. The van der Waals surface area contributed by atoms with Crippen LogP contribution in [-0.4, -0.2) is 19.7 Å². The largest absolute Gasteiger partial charge is 0.404 e. The number of alkyl halides is 1. The molecular weight excluding hydrogens is 240 g/mol. The number of aromatic nitrogens is 4. The van der Waals surface area contributed by atoms with Gasteiger partial charge in [0.25, 0.3) is 0 Å². The van der Waals surface area contributed by atoms with Crippen LogP contribution in [0.5, 0.6) is 11.9 Å². The van der Waals surface area contributed by atoms with Crippen molar-refractivity contribution < 1.29 is 4.74 Å². The molecule has 0 bridgehead atoms. The first-order chi connectivity index (χ1) is 8.10. The molecule has 2 aromatic heterocycles. The molecule has 6 heteroatoms. The molecule has 2 rings (SSSR count). The molecule has 0 unspecified atom stereocenters. The highest BCUT2D eigenvalue weighted by Gasteiger charge is 2.12. The Labute approximate surface area is 104 Å². The fourth-order valence-corrected chi connectivity index (χ4v) is 1.85. The molecule has 17 heavy (non-hydrogen) atoms. The maximum Gasteiger partial charge on any atom is 0.342 e. The Kier molecular flexibility index (Phi) is 3.28. The number of ether oxygens (including phenoxy) is 1. The van der Waals surface area contributed by atoms with Crippen molar-refractivity contribution in [1.82, 2.24) is 19.7 Å². The molecule has 2 aromatic rings. The van der Waals surface area contributed by atoms with E-state index in [1.165, 1.54) is 0 Å². The van der Waals surface area contributed by atoms with Crippen LogP contribution in [0.2, 0.25) is 0 Å². The summed E-state index contributed by atoms with van der Waals surface area (Å²) >= 11 is 5.90. The van der Waals surface area contributed by atoms with Crippen molar-refractivity contribution in [2.45, 2.75) is 19.7 Å². The number of aryl methyl sites for hydroxylation is 3. The summed E-state index contributed by atoms with van der Waals surface area (Å²) in [6.45, 7) is 3.88. The van der Waals surface area contributed by atoms with Crippen molar-refractivity contribution in [2.24, 2.45) is 7.05 Å². The van der Waals surface area contributed by atoms with E-state index in [0.29, 0.717) is 11.8 Å². The minimum atomic E-state index is 0.274. The van der Waals surface area contributed by atoms with Gasteiger partial charge in [-0.2, -0.15) is 4.98 Å². The van der Waals surface area contributed by atoms with Gasteiger partial charge in [-0.15, -0.1) is 16.7 Å². The van der Waals surface area contributed by atoms with E-state index < -0.39 is 0 Å². The van der Waals surface area contributed by atoms with Gasteiger partial charge in [-0.3, -0.25) is 4.68 Å². The quantitative estimate of drug-likeness (QED) is 0.787. The van der Waals surface area contributed by atoms with E-state index in [0.717, 1.165) is 16.8 Å². The number of pyridine rings is 1. The van der Waals surface area contributed by atoms with E-state index in [9.17, 15) is 0 Å². The fourth-order valence-electron chi connectivity index (χ4n) is 1.53. The highest BCUT2D eigenvalue weighted by atomic mass is 35.5. The SMILES string of the molecule is Cc1cc(C)c(CCl)c(Oc2ncn(C)n2)n1. The summed E-state index contributed by atoms with van der Waals surface area (Å²) < 4.78 is 7.11. The lowest BCUT2D eigenvalue weighted by molar-refractivity contribution is 0.417. The normalized spacial score (nSPS) is 10.6. The first kappa shape index (κ1) is 11.9.